The van der Waals surface area contributed by atoms with Crippen molar-refractivity contribution in [2.75, 3.05) is 13.2 Å². The molecule has 5 nitrogen and oxygen atoms in total. The number of carbonyl (C=O) groups is 1. The van der Waals surface area contributed by atoms with E-state index in [4.69, 9.17) is 4.74 Å². The van der Waals surface area contributed by atoms with Crippen LogP contribution < -0.4 is 5.32 Å². The molecule has 0 aliphatic rings. The van der Waals surface area contributed by atoms with Crippen LogP contribution in [0, 0.1) is 6.92 Å². The lowest BCUT2D eigenvalue weighted by Gasteiger charge is -2.09. The van der Waals surface area contributed by atoms with Gasteiger partial charge in [-0.25, -0.2) is 4.98 Å². The van der Waals surface area contributed by atoms with Gasteiger partial charge in [-0.3, -0.25) is 9.20 Å². The van der Waals surface area contributed by atoms with Gasteiger partial charge < -0.3 is 10.1 Å². The van der Waals surface area contributed by atoms with Gasteiger partial charge in [-0.05, 0) is 45.2 Å². The van der Waals surface area contributed by atoms with Crippen LogP contribution in [0.4, 0.5) is 0 Å². The number of imidazole rings is 1. The largest absolute Gasteiger partial charge is 0.379 e. The molecule has 2 aromatic heterocycles. The maximum absolute atomic E-state index is 12.5. The molecule has 5 heteroatoms. The average molecular weight is 303 g/mol. The number of hydrogen-bond acceptors (Lipinski definition) is 3. The molecule has 0 aliphatic heterocycles. The monoisotopic (exact) mass is 303 g/mol. The summed E-state index contributed by atoms with van der Waals surface area (Å²) < 4.78 is 7.36. The molecule has 0 spiro atoms. The number of rotatable bonds is 7. The first kappa shape index (κ1) is 16.5. The molecule has 0 saturated carbocycles. The molecule has 2 aromatic rings. The molecule has 0 unspecified atom stereocenters. The highest BCUT2D eigenvalue weighted by molar-refractivity contribution is 5.94. The molecule has 2 heterocycles. The summed E-state index contributed by atoms with van der Waals surface area (Å²) in [6.07, 6.45) is 3.66. The highest BCUT2D eigenvalue weighted by Crippen LogP contribution is 2.16. The molecule has 0 bridgehead atoms. The van der Waals surface area contributed by atoms with Crippen molar-refractivity contribution in [2.24, 2.45) is 0 Å². The van der Waals surface area contributed by atoms with E-state index < -0.39 is 0 Å². The van der Waals surface area contributed by atoms with Gasteiger partial charge in [0.25, 0.3) is 5.91 Å². The fourth-order valence-corrected chi connectivity index (χ4v) is 2.41. The third-order valence-electron chi connectivity index (χ3n) is 3.53. The molecule has 2 rings (SSSR count). The van der Waals surface area contributed by atoms with Gasteiger partial charge in [0.2, 0.25) is 0 Å². The fraction of sp³-hybridized carbons (Fsp3) is 0.529. The van der Waals surface area contributed by atoms with Crippen LogP contribution in [-0.2, 0) is 11.2 Å². The molecule has 22 heavy (non-hydrogen) atoms. The topological polar surface area (TPSA) is 55.6 Å². The van der Waals surface area contributed by atoms with Crippen LogP contribution in [0.1, 0.15) is 48.9 Å². The summed E-state index contributed by atoms with van der Waals surface area (Å²) in [5, 5.41) is 2.97. The van der Waals surface area contributed by atoms with Crippen molar-refractivity contribution in [1.29, 1.82) is 0 Å². The summed E-state index contributed by atoms with van der Waals surface area (Å²) in [4.78, 5) is 17.1. The van der Waals surface area contributed by atoms with Crippen LogP contribution in [0.25, 0.3) is 5.65 Å². The van der Waals surface area contributed by atoms with E-state index >= 15 is 0 Å². The summed E-state index contributed by atoms with van der Waals surface area (Å²) >= 11 is 0. The Balaban J connectivity index is 2.09. The molecular formula is C17H25N3O2. The standard InChI is InChI=1S/C17H25N3O2/c1-5-14-15(17(21)18-9-7-11-22-12(2)3)20-10-6-8-13(4)16(20)19-14/h6,8,10,12H,5,7,9,11H2,1-4H3,(H,18,21). The lowest BCUT2D eigenvalue weighted by Crippen LogP contribution is -2.27. The molecule has 0 radical (unpaired) electrons. The summed E-state index contributed by atoms with van der Waals surface area (Å²) in [6.45, 7) is 9.30. The predicted octanol–water partition coefficient (Wildman–Crippen LogP) is 2.75. The number of nitrogens with zero attached hydrogens (tertiary/aromatic N) is 2. The van der Waals surface area contributed by atoms with Gasteiger partial charge in [-0.1, -0.05) is 13.0 Å². The molecule has 0 aromatic carbocycles. The second-order valence-corrected chi connectivity index (χ2v) is 5.67. The quantitative estimate of drug-likeness (QED) is 0.800. The Morgan fingerprint density at radius 1 is 1.45 bits per heavy atom. The van der Waals surface area contributed by atoms with E-state index in [0.717, 1.165) is 29.7 Å². The van der Waals surface area contributed by atoms with Gasteiger partial charge in [-0.15, -0.1) is 0 Å². The Hall–Kier alpha value is -1.88. The van der Waals surface area contributed by atoms with E-state index in [0.29, 0.717) is 18.8 Å². The average Bonchev–Trinajstić information content (AvgIpc) is 2.86. The van der Waals surface area contributed by atoms with Crippen molar-refractivity contribution >= 4 is 11.6 Å². The number of amides is 1. The minimum Gasteiger partial charge on any atom is -0.379 e. The molecule has 120 valence electrons. The predicted molar refractivity (Wildman–Crippen MR) is 87.3 cm³/mol. The van der Waals surface area contributed by atoms with Crippen molar-refractivity contribution in [3.63, 3.8) is 0 Å². The van der Waals surface area contributed by atoms with Gasteiger partial charge >= 0.3 is 0 Å². The van der Waals surface area contributed by atoms with Crippen molar-refractivity contribution in [3.05, 3.63) is 35.3 Å². The van der Waals surface area contributed by atoms with Gasteiger partial charge in [0, 0.05) is 19.3 Å². The number of ether oxygens (including phenoxy) is 1. The van der Waals surface area contributed by atoms with Crippen LogP contribution in [-0.4, -0.2) is 34.5 Å². The second-order valence-electron chi connectivity index (χ2n) is 5.67. The molecule has 0 atom stereocenters. The van der Waals surface area contributed by atoms with Crippen LogP contribution >= 0.6 is 0 Å². The number of fused-ring (bicyclic) bond motifs is 1. The molecule has 1 N–H and O–H groups in total. The van der Waals surface area contributed by atoms with E-state index in [9.17, 15) is 4.79 Å². The number of nitrogens with one attached hydrogen (secondary N) is 1. The Morgan fingerprint density at radius 3 is 2.91 bits per heavy atom. The van der Waals surface area contributed by atoms with Crippen molar-refractivity contribution in [2.45, 2.75) is 46.6 Å². The second kappa shape index (κ2) is 7.40. The van der Waals surface area contributed by atoms with E-state index in [1.807, 2.05) is 50.4 Å². The molecular weight excluding hydrogens is 278 g/mol. The Kier molecular flexibility index (Phi) is 5.55. The van der Waals surface area contributed by atoms with Gasteiger partial charge in [-0.2, -0.15) is 0 Å². The lowest BCUT2D eigenvalue weighted by atomic mass is 10.2. The van der Waals surface area contributed by atoms with E-state index in [2.05, 4.69) is 10.3 Å². The lowest BCUT2D eigenvalue weighted by molar-refractivity contribution is 0.0756. The normalized spacial score (nSPS) is 11.3. The number of aryl methyl sites for hydroxylation is 2. The minimum absolute atomic E-state index is 0.0699. The van der Waals surface area contributed by atoms with Crippen LogP contribution in [0.15, 0.2) is 18.3 Å². The van der Waals surface area contributed by atoms with E-state index in [1.165, 1.54) is 0 Å². The molecule has 0 saturated heterocycles. The molecule has 1 amide bonds. The maximum Gasteiger partial charge on any atom is 0.270 e. The van der Waals surface area contributed by atoms with Crippen molar-refractivity contribution < 1.29 is 9.53 Å². The first-order valence-electron chi connectivity index (χ1n) is 7.91. The SMILES string of the molecule is CCc1nc2c(C)cccn2c1C(=O)NCCCOC(C)C. The fourth-order valence-electron chi connectivity index (χ4n) is 2.41. The summed E-state index contributed by atoms with van der Waals surface area (Å²) in [7, 11) is 0. The first-order valence-corrected chi connectivity index (χ1v) is 7.91. The first-order chi connectivity index (χ1) is 10.5. The highest BCUT2D eigenvalue weighted by atomic mass is 16.5. The van der Waals surface area contributed by atoms with Gasteiger partial charge in [0.15, 0.2) is 0 Å². The smallest absolute Gasteiger partial charge is 0.270 e. The molecule has 0 aliphatic carbocycles. The summed E-state index contributed by atoms with van der Waals surface area (Å²) in [5.41, 5.74) is 3.41. The van der Waals surface area contributed by atoms with Crippen LogP contribution in [0.2, 0.25) is 0 Å². The van der Waals surface area contributed by atoms with Crippen LogP contribution in [0.5, 0.6) is 0 Å². The number of pyridine rings is 1. The van der Waals surface area contributed by atoms with E-state index in [-0.39, 0.29) is 12.0 Å². The maximum atomic E-state index is 12.5. The summed E-state index contributed by atoms with van der Waals surface area (Å²) in [6, 6.07) is 3.95. The van der Waals surface area contributed by atoms with Crippen molar-refractivity contribution in [3.8, 4) is 0 Å². The van der Waals surface area contributed by atoms with Crippen LogP contribution in [0.3, 0.4) is 0 Å². The van der Waals surface area contributed by atoms with E-state index in [1.54, 1.807) is 0 Å². The number of carbonyl (C=O) groups excluding carboxylic acids is 1. The van der Waals surface area contributed by atoms with Gasteiger partial charge in [0.05, 0.1) is 11.8 Å². The molecule has 0 fully saturated rings. The van der Waals surface area contributed by atoms with Gasteiger partial charge in [0.1, 0.15) is 11.3 Å². The Morgan fingerprint density at radius 2 is 2.23 bits per heavy atom. The Bertz CT molecular complexity index is 647. The third kappa shape index (κ3) is 3.65. The third-order valence-corrected chi connectivity index (χ3v) is 3.53. The number of aromatic nitrogens is 2. The summed E-state index contributed by atoms with van der Waals surface area (Å²) in [5.74, 6) is -0.0699. The zero-order valence-electron chi connectivity index (χ0n) is 13.8. The zero-order chi connectivity index (χ0) is 16.1. The minimum atomic E-state index is -0.0699. The number of hydrogen-bond donors (Lipinski definition) is 1. The Labute approximate surface area is 131 Å². The highest BCUT2D eigenvalue weighted by Gasteiger charge is 2.18. The van der Waals surface area contributed by atoms with Crippen molar-refractivity contribution in [1.82, 2.24) is 14.7 Å². The zero-order valence-corrected chi connectivity index (χ0v) is 13.8.